The second-order valence-corrected chi connectivity index (χ2v) is 4.51. The smallest absolute Gasteiger partial charge is 0.396 e. The number of benzene rings is 1. The molecule has 0 bridgehead atoms. The predicted octanol–water partition coefficient (Wildman–Crippen LogP) is 3.33. The Labute approximate surface area is 105 Å². The first-order valence-electron chi connectivity index (χ1n) is 5.84. The first-order valence-corrected chi connectivity index (χ1v) is 5.84. The van der Waals surface area contributed by atoms with Crippen molar-refractivity contribution in [3.05, 3.63) is 29.8 Å². The van der Waals surface area contributed by atoms with Crippen molar-refractivity contribution in [1.29, 1.82) is 0 Å². The Morgan fingerprint density at radius 3 is 2.44 bits per heavy atom. The summed E-state index contributed by atoms with van der Waals surface area (Å²) in [5.41, 5.74) is 6.13. The number of alkyl halides is 3. The maximum Gasteiger partial charge on any atom is 0.396 e. The average Bonchev–Trinajstić information content (AvgIpc) is 2.28. The lowest BCUT2D eigenvalue weighted by molar-refractivity contribution is -0.178. The first kappa shape index (κ1) is 14.8. The molecule has 1 atom stereocenters. The lowest BCUT2D eigenvalue weighted by Crippen LogP contribution is -2.35. The second kappa shape index (κ2) is 6.09. The molecule has 0 aromatic heterocycles. The van der Waals surface area contributed by atoms with Gasteiger partial charge in [-0.3, -0.25) is 0 Å². The summed E-state index contributed by atoms with van der Waals surface area (Å²) in [6, 6.07) is 7.10. The largest absolute Gasteiger partial charge is 0.493 e. The van der Waals surface area contributed by atoms with Crippen LogP contribution in [0, 0.1) is 5.92 Å². The Morgan fingerprint density at radius 2 is 1.94 bits per heavy atom. The molecule has 2 N–H and O–H groups in total. The second-order valence-electron chi connectivity index (χ2n) is 4.51. The van der Waals surface area contributed by atoms with Gasteiger partial charge < -0.3 is 10.5 Å². The zero-order valence-electron chi connectivity index (χ0n) is 10.5. The molecule has 0 fully saturated rings. The van der Waals surface area contributed by atoms with Gasteiger partial charge in [0.15, 0.2) is 0 Å². The summed E-state index contributed by atoms with van der Waals surface area (Å²) in [5, 5.41) is 0. The average molecular weight is 261 g/mol. The van der Waals surface area contributed by atoms with Gasteiger partial charge in [0.05, 0.1) is 0 Å². The fraction of sp³-hybridized carbons (Fsp3) is 0.538. The van der Waals surface area contributed by atoms with Crippen molar-refractivity contribution in [3.8, 4) is 5.75 Å². The molecule has 1 rings (SSSR count). The zero-order valence-corrected chi connectivity index (χ0v) is 10.5. The van der Waals surface area contributed by atoms with Crippen molar-refractivity contribution in [2.75, 3.05) is 13.2 Å². The number of ether oxygens (including phenoxy) is 1. The molecule has 0 radical (unpaired) electrons. The lowest BCUT2D eigenvalue weighted by Gasteiger charge is -2.19. The molecule has 0 aliphatic heterocycles. The summed E-state index contributed by atoms with van der Waals surface area (Å²) in [7, 11) is 0. The first-order chi connectivity index (χ1) is 8.34. The van der Waals surface area contributed by atoms with Crippen LogP contribution in [0.3, 0.4) is 0 Å². The molecular formula is C13H18F3NO. The van der Waals surface area contributed by atoms with E-state index in [0.29, 0.717) is 11.7 Å². The van der Waals surface area contributed by atoms with Crippen molar-refractivity contribution in [3.63, 3.8) is 0 Å². The van der Waals surface area contributed by atoms with Crippen LogP contribution < -0.4 is 10.5 Å². The molecule has 0 saturated carbocycles. The Morgan fingerprint density at radius 1 is 1.28 bits per heavy atom. The van der Waals surface area contributed by atoms with Crippen LogP contribution in [-0.4, -0.2) is 19.3 Å². The maximum atomic E-state index is 12.5. The topological polar surface area (TPSA) is 35.2 Å². The van der Waals surface area contributed by atoms with Gasteiger partial charge in [0, 0.05) is 6.54 Å². The standard InChI is InChI=1S/C13H18F3NO/c1-9(2)10-4-3-5-12(6-10)18-8-11(7-17)13(14,15)16/h3-6,9,11H,7-8,17H2,1-2H3. The van der Waals surface area contributed by atoms with Crippen LogP contribution in [0.15, 0.2) is 24.3 Å². The molecule has 1 aromatic rings. The molecule has 18 heavy (non-hydrogen) atoms. The quantitative estimate of drug-likeness (QED) is 0.882. The number of nitrogens with two attached hydrogens (primary N) is 1. The van der Waals surface area contributed by atoms with Crippen molar-refractivity contribution in [1.82, 2.24) is 0 Å². The molecule has 5 heteroatoms. The highest BCUT2D eigenvalue weighted by atomic mass is 19.4. The van der Waals surface area contributed by atoms with Gasteiger partial charge in [0.25, 0.3) is 0 Å². The molecule has 0 spiro atoms. The van der Waals surface area contributed by atoms with Crippen molar-refractivity contribution >= 4 is 0 Å². The minimum Gasteiger partial charge on any atom is -0.493 e. The molecule has 0 aliphatic rings. The SMILES string of the molecule is CC(C)c1cccc(OCC(CN)C(F)(F)F)c1. The van der Waals surface area contributed by atoms with Crippen LogP contribution in [-0.2, 0) is 0 Å². The third-order valence-corrected chi connectivity index (χ3v) is 2.72. The van der Waals surface area contributed by atoms with E-state index in [0.717, 1.165) is 5.56 Å². The summed E-state index contributed by atoms with van der Waals surface area (Å²) < 4.78 is 42.6. The summed E-state index contributed by atoms with van der Waals surface area (Å²) in [4.78, 5) is 0. The molecule has 1 aromatic carbocycles. The summed E-state index contributed by atoms with van der Waals surface area (Å²) in [6.07, 6.45) is -4.32. The Kier molecular flexibility index (Phi) is 5.02. The molecule has 0 heterocycles. The summed E-state index contributed by atoms with van der Waals surface area (Å²) >= 11 is 0. The van der Waals surface area contributed by atoms with E-state index in [1.54, 1.807) is 18.2 Å². The fourth-order valence-corrected chi connectivity index (χ4v) is 1.46. The Hall–Kier alpha value is -1.23. The normalized spacial score (nSPS) is 13.7. The molecule has 102 valence electrons. The van der Waals surface area contributed by atoms with Gasteiger partial charge in [-0.25, -0.2) is 0 Å². The molecule has 1 unspecified atom stereocenters. The molecule has 0 saturated heterocycles. The highest BCUT2D eigenvalue weighted by molar-refractivity contribution is 5.30. The Balaban J connectivity index is 2.65. The number of hydrogen-bond acceptors (Lipinski definition) is 2. The van der Waals surface area contributed by atoms with Crippen LogP contribution in [0.25, 0.3) is 0 Å². The van der Waals surface area contributed by atoms with Gasteiger partial charge in [-0.1, -0.05) is 26.0 Å². The van der Waals surface area contributed by atoms with E-state index in [4.69, 9.17) is 10.5 Å². The van der Waals surface area contributed by atoms with E-state index < -0.39 is 25.2 Å². The van der Waals surface area contributed by atoms with E-state index in [9.17, 15) is 13.2 Å². The van der Waals surface area contributed by atoms with Gasteiger partial charge in [-0.15, -0.1) is 0 Å². The van der Waals surface area contributed by atoms with Gasteiger partial charge in [0.1, 0.15) is 18.3 Å². The predicted molar refractivity (Wildman–Crippen MR) is 64.6 cm³/mol. The van der Waals surface area contributed by atoms with E-state index in [-0.39, 0.29) is 0 Å². The fourth-order valence-electron chi connectivity index (χ4n) is 1.46. The number of halogens is 3. The van der Waals surface area contributed by atoms with Crippen LogP contribution in [0.4, 0.5) is 13.2 Å². The van der Waals surface area contributed by atoms with E-state index in [1.165, 1.54) is 0 Å². The summed E-state index contributed by atoms with van der Waals surface area (Å²) in [6.45, 7) is 3.12. The van der Waals surface area contributed by atoms with Crippen LogP contribution in [0.5, 0.6) is 5.75 Å². The van der Waals surface area contributed by atoms with Crippen LogP contribution in [0.2, 0.25) is 0 Å². The molecule has 0 aliphatic carbocycles. The minimum absolute atomic E-state index is 0.307. The van der Waals surface area contributed by atoms with Crippen molar-refractivity contribution in [2.45, 2.75) is 25.9 Å². The maximum absolute atomic E-state index is 12.5. The van der Waals surface area contributed by atoms with Crippen LogP contribution in [0.1, 0.15) is 25.3 Å². The highest BCUT2D eigenvalue weighted by Gasteiger charge is 2.39. The summed E-state index contributed by atoms with van der Waals surface area (Å²) in [5.74, 6) is -0.870. The van der Waals surface area contributed by atoms with E-state index in [1.807, 2.05) is 19.9 Å². The molecular weight excluding hydrogens is 243 g/mol. The van der Waals surface area contributed by atoms with Gasteiger partial charge in [-0.05, 0) is 23.6 Å². The van der Waals surface area contributed by atoms with Gasteiger partial charge in [0.2, 0.25) is 0 Å². The minimum atomic E-state index is -4.32. The van der Waals surface area contributed by atoms with E-state index in [2.05, 4.69) is 0 Å². The van der Waals surface area contributed by atoms with Crippen molar-refractivity contribution in [2.24, 2.45) is 11.7 Å². The van der Waals surface area contributed by atoms with Gasteiger partial charge in [-0.2, -0.15) is 13.2 Å². The third kappa shape index (κ3) is 4.22. The highest BCUT2D eigenvalue weighted by Crippen LogP contribution is 2.27. The van der Waals surface area contributed by atoms with E-state index >= 15 is 0 Å². The molecule has 0 amide bonds. The third-order valence-electron chi connectivity index (χ3n) is 2.72. The monoisotopic (exact) mass is 261 g/mol. The van der Waals surface area contributed by atoms with Gasteiger partial charge >= 0.3 is 6.18 Å². The number of hydrogen-bond donors (Lipinski definition) is 1. The number of rotatable bonds is 5. The Bertz CT molecular complexity index is 377. The molecule has 2 nitrogen and oxygen atoms in total. The lowest BCUT2D eigenvalue weighted by atomic mass is 10.0. The zero-order chi connectivity index (χ0) is 13.8. The van der Waals surface area contributed by atoms with Crippen molar-refractivity contribution < 1.29 is 17.9 Å². The van der Waals surface area contributed by atoms with Crippen LogP contribution >= 0.6 is 0 Å².